The molecule has 172 valence electrons. The minimum atomic E-state index is -0.443. The van der Waals surface area contributed by atoms with E-state index in [1.807, 2.05) is 84.9 Å². The number of hydrogen-bond donors (Lipinski definition) is 1. The third-order valence-electron chi connectivity index (χ3n) is 6.21. The molecule has 2 atom stereocenters. The number of hydrogen-bond acceptors (Lipinski definition) is 3. The maximum atomic E-state index is 13.5. The van der Waals surface area contributed by atoms with E-state index in [4.69, 9.17) is 9.47 Å². The number of carbonyl (C=O) groups excluding carboxylic acids is 1. The zero-order valence-electron chi connectivity index (χ0n) is 19.8. The first-order valence-corrected chi connectivity index (χ1v) is 11.6. The van der Waals surface area contributed by atoms with E-state index >= 15 is 0 Å². The van der Waals surface area contributed by atoms with Crippen LogP contribution in [0.3, 0.4) is 0 Å². The molecule has 1 heterocycles. The van der Waals surface area contributed by atoms with E-state index in [0.717, 1.165) is 22.4 Å². The van der Waals surface area contributed by atoms with E-state index in [-0.39, 0.29) is 17.4 Å². The number of carbonyl (C=O) groups is 1. The van der Waals surface area contributed by atoms with Crippen molar-refractivity contribution in [2.24, 2.45) is 11.3 Å². The van der Waals surface area contributed by atoms with Crippen LogP contribution in [0, 0.1) is 11.3 Å². The molecule has 1 N–H and O–H groups in total. The minimum Gasteiger partial charge on any atom is -0.348 e. The number of benzene rings is 3. The van der Waals surface area contributed by atoms with Crippen LogP contribution >= 0.6 is 0 Å². The van der Waals surface area contributed by atoms with Gasteiger partial charge in [0.1, 0.15) is 0 Å². The van der Waals surface area contributed by atoms with Crippen molar-refractivity contribution < 1.29 is 14.3 Å². The molecular weight excluding hydrogens is 410 g/mol. The molecule has 0 saturated carbocycles. The Morgan fingerprint density at radius 2 is 1.52 bits per heavy atom. The summed E-state index contributed by atoms with van der Waals surface area (Å²) in [5.41, 5.74) is 3.50. The van der Waals surface area contributed by atoms with Gasteiger partial charge in [-0.25, -0.2) is 0 Å². The van der Waals surface area contributed by atoms with Gasteiger partial charge in [-0.15, -0.1) is 0 Å². The van der Waals surface area contributed by atoms with Crippen molar-refractivity contribution in [3.05, 3.63) is 102 Å². The molecule has 1 aliphatic heterocycles. The van der Waals surface area contributed by atoms with Gasteiger partial charge in [-0.1, -0.05) is 100 Å². The second-order valence-corrected chi connectivity index (χ2v) is 9.80. The van der Waals surface area contributed by atoms with Crippen LogP contribution in [0.2, 0.25) is 0 Å². The fourth-order valence-corrected chi connectivity index (χ4v) is 4.73. The summed E-state index contributed by atoms with van der Waals surface area (Å²) in [6.07, 6.45) is -0.351. The Hall–Kier alpha value is -2.95. The Labute approximate surface area is 196 Å². The first-order valence-electron chi connectivity index (χ1n) is 11.6. The predicted octanol–water partition coefficient (Wildman–Crippen LogP) is 6.55. The van der Waals surface area contributed by atoms with Crippen molar-refractivity contribution in [3.63, 3.8) is 0 Å². The molecular formula is C29H33NO3. The Bertz CT molecular complexity index is 1020. The van der Waals surface area contributed by atoms with Gasteiger partial charge in [-0.2, -0.15) is 0 Å². The lowest BCUT2D eigenvalue weighted by molar-refractivity contribution is -0.274. The molecule has 4 heteroatoms. The molecule has 4 rings (SSSR count). The summed E-state index contributed by atoms with van der Waals surface area (Å²) < 4.78 is 12.4. The van der Waals surface area contributed by atoms with Crippen molar-refractivity contribution in [1.82, 2.24) is 0 Å². The van der Waals surface area contributed by atoms with E-state index in [1.54, 1.807) is 0 Å². The maximum Gasteiger partial charge on any atom is 0.236 e. The molecule has 0 aromatic heterocycles. The molecule has 0 bridgehead atoms. The van der Waals surface area contributed by atoms with Gasteiger partial charge in [-0.3, -0.25) is 4.79 Å². The van der Waals surface area contributed by atoms with Crippen LogP contribution in [0.25, 0.3) is 0 Å². The SMILES string of the molecule is CC(C)C1OC(c2cccc(NC(=O)C(c3ccccc3)c3ccccc3)c2)OCC1(C)C. The van der Waals surface area contributed by atoms with Crippen LogP contribution in [0.15, 0.2) is 84.9 Å². The van der Waals surface area contributed by atoms with Crippen molar-refractivity contribution >= 4 is 11.6 Å². The monoisotopic (exact) mass is 443 g/mol. The smallest absolute Gasteiger partial charge is 0.236 e. The molecule has 0 aliphatic carbocycles. The highest BCUT2D eigenvalue weighted by Crippen LogP contribution is 2.40. The van der Waals surface area contributed by atoms with Crippen LogP contribution in [-0.2, 0) is 14.3 Å². The lowest BCUT2D eigenvalue weighted by atomic mass is 9.80. The molecule has 2 unspecified atom stereocenters. The molecule has 1 aliphatic rings. The summed E-state index contributed by atoms with van der Waals surface area (Å²) in [5, 5.41) is 3.12. The molecule has 1 fully saturated rings. The van der Waals surface area contributed by atoms with Gasteiger partial charge in [0.2, 0.25) is 5.91 Å². The molecule has 0 radical (unpaired) electrons. The average Bonchev–Trinajstić information content (AvgIpc) is 2.80. The minimum absolute atomic E-state index is 0.0465. The van der Waals surface area contributed by atoms with E-state index in [0.29, 0.717) is 12.5 Å². The largest absolute Gasteiger partial charge is 0.348 e. The van der Waals surface area contributed by atoms with Crippen LogP contribution in [0.4, 0.5) is 5.69 Å². The van der Waals surface area contributed by atoms with Crippen LogP contribution in [0.5, 0.6) is 0 Å². The number of nitrogens with one attached hydrogen (secondary N) is 1. The summed E-state index contributed by atoms with van der Waals surface area (Å²) in [6, 6.07) is 27.5. The molecule has 1 saturated heterocycles. The Morgan fingerprint density at radius 1 is 0.909 bits per heavy atom. The quantitative estimate of drug-likeness (QED) is 0.470. The van der Waals surface area contributed by atoms with Crippen LogP contribution in [-0.4, -0.2) is 18.6 Å². The molecule has 3 aromatic rings. The average molecular weight is 444 g/mol. The fraction of sp³-hybridized carbons (Fsp3) is 0.345. The molecule has 3 aromatic carbocycles. The lowest BCUT2D eigenvalue weighted by Crippen LogP contribution is -2.45. The summed E-state index contributed by atoms with van der Waals surface area (Å²) >= 11 is 0. The number of rotatable bonds is 6. The van der Waals surface area contributed by atoms with Gasteiger partial charge < -0.3 is 14.8 Å². The van der Waals surface area contributed by atoms with Gasteiger partial charge in [0.15, 0.2) is 6.29 Å². The molecule has 4 nitrogen and oxygen atoms in total. The maximum absolute atomic E-state index is 13.5. The van der Waals surface area contributed by atoms with E-state index in [9.17, 15) is 4.79 Å². The zero-order valence-corrected chi connectivity index (χ0v) is 19.8. The summed E-state index contributed by atoms with van der Waals surface area (Å²) in [6.45, 7) is 9.34. The first-order chi connectivity index (χ1) is 15.8. The molecule has 1 amide bonds. The third kappa shape index (κ3) is 5.35. The van der Waals surface area contributed by atoms with Gasteiger partial charge in [0.25, 0.3) is 0 Å². The van der Waals surface area contributed by atoms with Gasteiger partial charge in [0, 0.05) is 16.7 Å². The molecule has 0 spiro atoms. The highest BCUT2D eigenvalue weighted by molar-refractivity contribution is 5.98. The van der Waals surface area contributed by atoms with E-state index in [2.05, 4.69) is 33.0 Å². The lowest BCUT2D eigenvalue weighted by Gasteiger charge is -2.44. The second kappa shape index (κ2) is 9.90. The van der Waals surface area contributed by atoms with Gasteiger partial charge in [-0.05, 0) is 29.2 Å². The topological polar surface area (TPSA) is 47.6 Å². The Morgan fingerprint density at radius 3 is 2.09 bits per heavy atom. The summed E-state index contributed by atoms with van der Waals surface area (Å²) in [7, 11) is 0. The fourth-order valence-electron chi connectivity index (χ4n) is 4.73. The highest BCUT2D eigenvalue weighted by Gasteiger charge is 2.40. The number of amides is 1. The van der Waals surface area contributed by atoms with Crippen LogP contribution < -0.4 is 5.32 Å². The third-order valence-corrected chi connectivity index (χ3v) is 6.21. The van der Waals surface area contributed by atoms with E-state index < -0.39 is 12.2 Å². The van der Waals surface area contributed by atoms with Crippen LogP contribution in [0.1, 0.15) is 56.6 Å². The zero-order chi connectivity index (χ0) is 23.4. The standard InChI is InChI=1S/C29H33NO3/c1-20(2)26-29(3,4)19-32-28(33-26)23-16-11-17-24(18-23)30-27(31)25(21-12-7-5-8-13-21)22-14-9-6-10-15-22/h5-18,20,25-26,28H,19H2,1-4H3,(H,30,31). The Balaban J connectivity index is 1.56. The Kier molecular flexibility index (Phi) is 6.96. The number of anilines is 1. The molecule has 33 heavy (non-hydrogen) atoms. The first kappa shape index (κ1) is 23.2. The van der Waals surface area contributed by atoms with E-state index in [1.165, 1.54) is 0 Å². The van der Waals surface area contributed by atoms with Crippen molar-refractivity contribution in [2.75, 3.05) is 11.9 Å². The highest BCUT2D eigenvalue weighted by atomic mass is 16.7. The predicted molar refractivity (Wildman–Crippen MR) is 132 cm³/mol. The van der Waals surface area contributed by atoms with Crippen molar-refractivity contribution in [2.45, 2.75) is 46.0 Å². The van der Waals surface area contributed by atoms with Gasteiger partial charge in [0.05, 0.1) is 18.6 Å². The summed E-state index contributed by atoms with van der Waals surface area (Å²) in [5.74, 6) is -0.0904. The second-order valence-electron chi connectivity index (χ2n) is 9.80. The van der Waals surface area contributed by atoms with Crippen molar-refractivity contribution in [1.29, 1.82) is 0 Å². The van der Waals surface area contributed by atoms with Gasteiger partial charge >= 0.3 is 0 Å². The normalized spacial score (nSPS) is 20.1. The summed E-state index contributed by atoms with van der Waals surface area (Å²) in [4.78, 5) is 13.5. The van der Waals surface area contributed by atoms with Crippen molar-refractivity contribution in [3.8, 4) is 0 Å². The number of ether oxygens (including phenoxy) is 2.